The molecule has 0 aliphatic carbocycles. The summed E-state index contributed by atoms with van der Waals surface area (Å²) >= 11 is 1.41. The molecule has 1 aromatic heterocycles. The Bertz CT molecular complexity index is 818. The zero-order chi connectivity index (χ0) is 18.4. The molecule has 0 saturated carbocycles. The van der Waals surface area contributed by atoms with E-state index < -0.39 is 0 Å². The molecule has 1 heterocycles. The minimum Gasteiger partial charge on any atom is -0.352 e. The number of carbonyl (C=O) groups is 1. The van der Waals surface area contributed by atoms with Crippen molar-refractivity contribution in [3.63, 3.8) is 0 Å². The van der Waals surface area contributed by atoms with Crippen LogP contribution >= 0.6 is 11.8 Å². The van der Waals surface area contributed by atoms with Crippen LogP contribution in [0.2, 0.25) is 0 Å². The Labute approximate surface area is 157 Å². The topological polar surface area (TPSA) is 57.8 Å². The molecule has 0 saturated heterocycles. The molecule has 1 amide bonds. The molecule has 0 aliphatic heterocycles. The van der Waals surface area contributed by atoms with Gasteiger partial charge in [-0.2, -0.15) is 0 Å². The van der Waals surface area contributed by atoms with Gasteiger partial charge in [0.25, 0.3) is 0 Å². The van der Waals surface area contributed by atoms with Gasteiger partial charge in [-0.1, -0.05) is 78.5 Å². The minimum absolute atomic E-state index is 0.0335. The maximum Gasteiger partial charge on any atom is 0.233 e. The van der Waals surface area contributed by atoms with Gasteiger partial charge in [0.2, 0.25) is 5.91 Å². The first-order valence-corrected chi connectivity index (χ1v) is 9.33. The van der Waals surface area contributed by atoms with Gasteiger partial charge in [-0.3, -0.25) is 4.79 Å². The number of nitrogens with zero attached hydrogens (tertiary/aromatic N) is 1. The van der Waals surface area contributed by atoms with Gasteiger partial charge in [0, 0.05) is 17.7 Å². The molecule has 3 aromatic rings. The number of imidazole rings is 1. The molecule has 4 nitrogen and oxygen atoms in total. The number of nitrogens with one attached hydrogen (secondary N) is 2. The lowest BCUT2D eigenvalue weighted by Gasteiger charge is -2.08. The Hall–Kier alpha value is -2.79. The number of carbonyl (C=O) groups excluding carboxylic acids is 1. The summed E-state index contributed by atoms with van der Waals surface area (Å²) < 4.78 is 0. The number of rotatable bonds is 7. The van der Waals surface area contributed by atoms with Gasteiger partial charge in [-0.25, -0.2) is 4.98 Å². The first-order chi connectivity index (χ1) is 12.7. The average Bonchev–Trinajstić information content (AvgIpc) is 3.11. The summed E-state index contributed by atoms with van der Waals surface area (Å²) in [6.45, 7) is 5.95. The summed E-state index contributed by atoms with van der Waals surface area (Å²) in [6, 6.07) is 20.2. The van der Waals surface area contributed by atoms with E-state index in [9.17, 15) is 4.79 Å². The highest BCUT2D eigenvalue weighted by Crippen LogP contribution is 2.33. The minimum atomic E-state index is -0.256. The molecule has 0 radical (unpaired) electrons. The Morgan fingerprint density at radius 2 is 1.77 bits per heavy atom. The molecule has 1 unspecified atom stereocenters. The summed E-state index contributed by atoms with van der Waals surface area (Å²) in [7, 11) is 0. The van der Waals surface area contributed by atoms with Gasteiger partial charge in [0.15, 0.2) is 5.16 Å². The zero-order valence-electron chi connectivity index (χ0n) is 14.6. The maximum atomic E-state index is 12.1. The Morgan fingerprint density at radius 3 is 2.38 bits per heavy atom. The van der Waals surface area contributed by atoms with Gasteiger partial charge >= 0.3 is 0 Å². The normalized spacial score (nSPS) is 11.7. The summed E-state index contributed by atoms with van der Waals surface area (Å²) in [5.41, 5.74) is 3.95. The molecule has 0 spiro atoms. The number of H-pyrrole nitrogens is 1. The van der Waals surface area contributed by atoms with Crippen molar-refractivity contribution in [1.29, 1.82) is 0 Å². The standard InChI is InChI=1S/C21H21N3OS/c1-3-14-22-20(25)15(2)26-21-23-18(16-10-6-4-7-11-16)19(24-21)17-12-8-5-9-13-17/h3-13,15H,1,14H2,2H3,(H,22,25)(H,23,24). The molecular weight excluding hydrogens is 342 g/mol. The fourth-order valence-corrected chi connectivity index (χ4v) is 3.39. The molecule has 1 atom stereocenters. The zero-order valence-corrected chi connectivity index (χ0v) is 15.4. The molecule has 5 heteroatoms. The fraction of sp³-hybridized carbons (Fsp3) is 0.143. The lowest BCUT2D eigenvalue weighted by molar-refractivity contribution is -0.120. The molecule has 0 fully saturated rings. The Kier molecular flexibility index (Phi) is 5.92. The van der Waals surface area contributed by atoms with Crippen molar-refractivity contribution in [3.8, 4) is 22.5 Å². The van der Waals surface area contributed by atoms with Crippen molar-refractivity contribution in [2.45, 2.75) is 17.3 Å². The van der Waals surface area contributed by atoms with Crippen LogP contribution in [0.3, 0.4) is 0 Å². The molecule has 3 rings (SSSR count). The van der Waals surface area contributed by atoms with Crippen LogP contribution in [0.25, 0.3) is 22.5 Å². The highest BCUT2D eigenvalue weighted by Gasteiger charge is 2.19. The van der Waals surface area contributed by atoms with Crippen LogP contribution in [0.5, 0.6) is 0 Å². The van der Waals surface area contributed by atoms with Gasteiger partial charge in [0.1, 0.15) is 0 Å². The number of amides is 1. The van der Waals surface area contributed by atoms with Crippen molar-refractivity contribution in [3.05, 3.63) is 73.3 Å². The molecule has 2 aromatic carbocycles. The summed E-state index contributed by atoms with van der Waals surface area (Å²) in [6.07, 6.45) is 1.67. The van der Waals surface area contributed by atoms with Crippen molar-refractivity contribution in [2.75, 3.05) is 6.54 Å². The largest absolute Gasteiger partial charge is 0.352 e. The van der Waals surface area contributed by atoms with Crippen molar-refractivity contribution in [2.24, 2.45) is 0 Å². The van der Waals surface area contributed by atoms with Crippen molar-refractivity contribution in [1.82, 2.24) is 15.3 Å². The summed E-state index contributed by atoms with van der Waals surface area (Å²) in [5.74, 6) is -0.0335. The Balaban J connectivity index is 1.92. The van der Waals surface area contributed by atoms with Crippen LogP contribution in [0.1, 0.15) is 6.92 Å². The summed E-state index contributed by atoms with van der Waals surface area (Å²) in [5, 5.41) is 3.29. The predicted octanol–water partition coefficient (Wildman–Crippen LogP) is 4.53. The van der Waals surface area contributed by atoms with E-state index in [2.05, 4.69) is 29.0 Å². The van der Waals surface area contributed by atoms with Crippen LogP contribution in [-0.4, -0.2) is 27.7 Å². The van der Waals surface area contributed by atoms with E-state index in [1.807, 2.05) is 55.5 Å². The van der Waals surface area contributed by atoms with Crippen LogP contribution in [0, 0.1) is 0 Å². The monoisotopic (exact) mass is 363 g/mol. The van der Waals surface area contributed by atoms with E-state index in [4.69, 9.17) is 4.98 Å². The van der Waals surface area contributed by atoms with Crippen molar-refractivity contribution < 1.29 is 4.79 Å². The lowest BCUT2D eigenvalue weighted by Crippen LogP contribution is -2.30. The van der Waals surface area contributed by atoms with E-state index in [0.717, 1.165) is 27.7 Å². The number of aromatic nitrogens is 2. The first-order valence-electron chi connectivity index (χ1n) is 8.45. The SMILES string of the molecule is C=CCNC(=O)C(C)Sc1nc(-c2ccccc2)c(-c2ccccc2)[nH]1. The fourth-order valence-electron chi connectivity index (χ4n) is 2.56. The highest BCUT2D eigenvalue weighted by molar-refractivity contribution is 8.00. The third-order valence-corrected chi connectivity index (χ3v) is 4.85. The van der Waals surface area contributed by atoms with E-state index in [-0.39, 0.29) is 11.2 Å². The quantitative estimate of drug-likeness (QED) is 0.479. The van der Waals surface area contributed by atoms with E-state index in [0.29, 0.717) is 6.54 Å². The van der Waals surface area contributed by atoms with Gasteiger partial charge in [0.05, 0.1) is 16.6 Å². The highest BCUT2D eigenvalue weighted by atomic mass is 32.2. The summed E-state index contributed by atoms with van der Waals surface area (Å²) in [4.78, 5) is 20.3. The first kappa shape index (κ1) is 18.0. The second kappa shape index (κ2) is 8.54. The number of aromatic amines is 1. The van der Waals surface area contributed by atoms with Gasteiger partial charge < -0.3 is 10.3 Å². The van der Waals surface area contributed by atoms with Crippen LogP contribution in [0.4, 0.5) is 0 Å². The van der Waals surface area contributed by atoms with E-state index >= 15 is 0 Å². The predicted molar refractivity (Wildman–Crippen MR) is 108 cm³/mol. The number of hydrogen-bond acceptors (Lipinski definition) is 3. The third-order valence-electron chi connectivity index (χ3n) is 3.87. The molecule has 132 valence electrons. The molecule has 2 N–H and O–H groups in total. The number of thioether (sulfide) groups is 1. The molecule has 0 bridgehead atoms. The van der Waals surface area contributed by atoms with Crippen LogP contribution in [-0.2, 0) is 4.79 Å². The van der Waals surface area contributed by atoms with Crippen LogP contribution < -0.4 is 5.32 Å². The second-order valence-corrected chi connectivity index (χ2v) is 7.12. The number of benzene rings is 2. The number of hydrogen-bond donors (Lipinski definition) is 2. The third kappa shape index (κ3) is 4.24. The molecule has 26 heavy (non-hydrogen) atoms. The molecule has 0 aliphatic rings. The maximum absolute atomic E-state index is 12.1. The lowest BCUT2D eigenvalue weighted by atomic mass is 10.1. The molecular formula is C21H21N3OS. The Morgan fingerprint density at radius 1 is 1.15 bits per heavy atom. The second-order valence-electron chi connectivity index (χ2n) is 5.79. The van der Waals surface area contributed by atoms with Crippen molar-refractivity contribution >= 4 is 17.7 Å². The van der Waals surface area contributed by atoms with Crippen LogP contribution in [0.15, 0.2) is 78.5 Å². The van der Waals surface area contributed by atoms with E-state index in [1.54, 1.807) is 6.08 Å². The van der Waals surface area contributed by atoms with E-state index in [1.165, 1.54) is 11.8 Å². The average molecular weight is 363 g/mol. The van der Waals surface area contributed by atoms with Gasteiger partial charge in [-0.15, -0.1) is 6.58 Å². The smallest absolute Gasteiger partial charge is 0.233 e. The van der Waals surface area contributed by atoms with Gasteiger partial charge in [-0.05, 0) is 6.92 Å².